The third-order valence-electron chi connectivity index (χ3n) is 3.07. The average molecular weight is 317 g/mol. The molecule has 0 heterocycles. The molecule has 23 heavy (non-hydrogen) atoms. The number of benzene rings is 2. The molecule has 0 atom stereocenters. The molecule has 6 heteroatoms. The number of hydrogen-bond donors (Lipinski definition) is 1. The first-order valence-electron chi connectivity index (χ1n) is 7.22. The Morgan fingerprint density at radius 1 is 1.04 bits per heavy atom. The van der Waals surface area contributed by atoms with Crippen LogP contribution in [0.3, 0.4) is 0 Å². The minimum atomic E-state index is -0.597. The molecule has 0 aliphatic heterocycles. The second-order valence-electron chi connectivity index (χ2n) is 4.80. The van der Waals surface area contributed by atoms with E-state index in [2.05, 4.69) is 5.32 Å². The number of carbonyl (C=O) groups is 2. The van der Waals surface area contributed by atoms with Crippen molar-refractivity contribution in [2.24, 2.45) is 0 Å². The van der Waals surface area contributed by atoms with E-state index in [1.54, 1.807) is 6.07 Å². The summed E-state index contributed by atoms with van der Waals surface area (Å²) in [4.78, 5) is 22.9. The van der Waals surface area contributed by atoms with Crippen molar-refractivity contribution in [2.75, 3.05) is 33.5 Å². The maximum atomic E-state index is 11.6. The molecule has 2 aromatic carbocycles. The number of methoxy groups -OCH3 is 1. The fraction of sp³-hybridized carbons (Fsp3) is 0.294. The summed E-state index contributed by atoms with van der Waals surface area (Å²) in [5.41, 5.74) is 0. The standard InChI is InChI=1S/C17H19NO5/c1-21-9-8-18-16(19)11-23-17(20)12-22-15-7-6-13-4-2-3-5-14(13)10-15/h2-7,10H,8-9,11-12H2,1H3,(H,18,19). The molecule has 0 saturated heterocycles. The first-order valence-corrected chi connectivity index (χ1v) is 7.22. The molecule has 1 amide bonds. The second-order valence-corrected chi connectivity index (χ2v) is 4.80. The molecule has 0 spiro atoms. The number of fused-ring (bicyclic) bond motifs is 1. The van der Waals surface area contributed by atoms with Crippen LogP contribution in [0, 0.1) is 0 Å². The van der Waals surface area contributed by atoms with Gasteiger partial charge < -0.3 is 19.5 Å². The van der Waals surface area contributed by atoms with Gasteiger partial charge in [0.25, 0.3) is 5.91 Å². The zero-order valence-corrected chi connectivity index (χ0v) is 12.9. The number of ether oxygens (including phenoxy) is 3. The molecule has 0 radical (unpaired) electrons. The van der Waals surface area contributed by atoms with E-state index >= 15 is 0 Å². The number of esters is 1. The summed E-state index contributed by atoms with van der Waals surface area (Å²) < 4.78 is 15.0. The zero-order chi connectivity index (χ0) is 16.5. The first-order chi connectivity index (χ1) is 11.2. The lowest BCUT2D eigenvalue weighted by molar-refractivity contribution is -0.150. The summed E-state index contributed by atoms with van der Waals surface area (Å²) in [5.74, 6) is -0.397. The summed E-state index contributed by atoms with van der Waals surface area (Å²) >= 11 is 0. The minimum Gasteiger partial charge on any atom is -0.482 e. The molecule has 0 fully saturated rings. The molecule has 0 aliphatic carbocycles. The van der Waals surface area contributed by atoms with Crippen LogP contribution in [0.4, 0.5) is 0 Å². The predicted octanol–water partition coefficient (Wildman–Crippen LogP) is 1.52. The Morgan fingerprint density at radius 2 is 1.83 bits per heavy atom. The number of hydrogen-bond acceptors (Lipinski definition) is 5. The number of carbonyl (C=O) groups excluding carboxylic acids is 2. The highest BCUT2D eigenvalue weighted by atomic mass is 16.6. The van der Waals surface area contributed by atoms with Gasteiger partial charge in [0.05, 0.1) is 6.61 Å². The molecule has 1 N–H and O–H groups in total. The van der Waals surface area contributed by atoms with E-state index in [1.165, 1.54) is 7.11 Å². The van der Waals surface area contributed by atoms with E-state index in [1.807, 2.05) is 36.4 Å². The van der Waals surface area contributed by atoms with Gasteiger partial charge >= 0.3 is 5.97 Å². The van der Waals surface area contributed by atoms with Crippen molar-refractivity contribution in [2.45, 2.75) is 0 Å². The van der Waals surface area contributed by atoms with Crippen LogP contribution >= 0.6 is 0 Å². The van der Waals surface area contributed by atoms with Crippen molar-refractivity contribution < 1.29 is 23.8 Å². The average Bonchev–Trinajstić information content (AvgIpc) is 2.58. The van der Waals surface area contributed by atoms with Gasteiger partial charge in [-0.3, -0.25) is 4.79 Å². The van der Waals surface area contributed by atoms with Gasteiger partial charge in [0.1, 0.15) is 5.75 Å². The topological polar surface area (TPSA) is 73.9 Å². The quantitative estimate of drug-likeness (QED) is 0.590. The van der Waals surface area contributed by atoms with Gasteiger partial charge in [-0.15, -0.1) is 0 Å². The smallest absolute Gasteiger partial charge is 0.344 e. The van der Waals surface area contributed by atoms with Gasteiger partial charge in [0.2, 0.25) is 0 Å². The van der Waals surface area contributed by atoms with Gasteiger partial charge in [-0.25, -0.2) is 4.79 Å². The zero-order valence-electron chi connectivity index (χ0n) is 12.9. The summed E-state index contributed by atoms with van der Waals surface area (Å²) in [6, 6.07) is 13.4. The Balaban J connectivity index is 1.74. The SMILES string of the molecule is COCCNC(=O)COC(=O)COc1ccc2ccccc2c1. The van der Waals surface area contributed by atoms with E-state index in [0.717, 1.165) is 10.8 Å². The molecule has 2 aromatic rings. The van der Waals surface area contributed by atoms with Crippen molar-refractivity contribution in [3.8, 4) is 5.75 Å². The fourth-order valence-corrected chi connectivity index (χ4v) is 1.93. The van der Waals surface area contributed by atoms with Gasteiger partial charge in [0, 0.05) is 13.7 Å². The second kappa shape index (κ2) is 8.75. The van der Waals surface area contributed by atoms with Gasteiger partial charge in [-0.05, 0) is 22.9 Å². The summed E-state index contributed by atoms with van der Waals surface area (Å²) in [5, 5.41) is 4.67. The lowest BCUT2D eigenvalue weighted by Gasteiger charge is -2.08. The molecule has 122 valence electrons. The molecule has 2 rings (SSSR count). The monoisotopic (exact) mass is 317 g/mol. The molecule has 0 bridgehead atoms. The Hall–Kier alpha value is -2.60. The molecule has 0 saturated carbocycles. The van der Waals surface area contributed by atoms with Crippen LogP contribution in [0.2, 0.25) is 0 Å². The predicted molar refractivity (Wildman–Crippen MR) is 85.3 cm³/mol. The molecule has 0 aliphatic rings. The largest absolute Gasteiger partial charge is 0.482 e. The molecule has 6 nitrogen and oxygen atoms in total. The lowest BCUT2D eigenvalue weighted by atomic mass is 10.1. The van der Waals surface area contributed by atoms with Crippen molar-refractivity contribution >= 4 is 22.6 Å². The third kappa shape index (κ3) is 5.60. The van der Waals surface area contributed by atoms with Crippen LogP contribution in [-0.2, 0) is 19.1 Å². The van der Waals surface area contributed by atoms with Gasteiger partial charge in [-0.2, -0.15) is 0 Å². The molecule has 0 aromatic heterocycles. The van der Waals surface area contributed by atoms with Crippen LogP contribution in [0.1, 0.15) is 0 Å². The normalized spacial score (nSPS) is 10.3. The van der Waals surface area contributed by atoms with Crippen LogP contribution in [0.15, 0.2) is 42.5 Å². The van der Waals surface area contributed by atoms with Crippen LogP contribution < -0.4 is 10.1 Å². The maximum absolute atomic E-state index is 11.6. The maximum Gasteiger partial charge on any atom is 0.344 e. The Morgan fingerprint density at radius 3 is 2.61 bits per heavy atom. The van der Waals surface area contributed by atoms with E-state index in [-0.39, 0.29) is 19.1 Å². The van der Waals surface area contributed by atoms with Crippen molar-refractivity contribution in [3.05, 3.63) is 42.5 Å². The number of nitrogens with one attached hydrogen (secondary N) is 1. The first kappa shape index (κ1) is 16.8. The Kier molecular flexibility index (Phi) is 6.38. The Labute approximate surface area is 134 Å². The minimum absolute atomic E-state index is 0.246. The van der Waals surface area contributed by atoms with E-state index < -0.39 is 5.97 Å². The van der Waals surface area contributed by atoms with Gasteiger partial charge in [-0.1, -0.05) is 30.3 Å². The van der Waals surface area contributed by atoms with Crippen molar-refractivity contribution in [1.29, 1.82) is 0 Å². The van der Waals surface area contributed by atoms with Crippen LogP contribution in [0.25, 0.3) is 10.8 Å². The van der Waals surface area contributed by atoms with Crippen molar-refractivity contribution in [3.63, 3.8) is 0 Å². The summed E-state index contributed by atoms with van der Waals surface area (Å²) in [6.07, 6.45) is 0. The highest BCUT2D eigenvalue weighted by molar-refractivity contribution is 5.84. The molecular formula is C17H19NO5. The number of amides is 1. The summed E-state index contributed by atoms with van der Waals surface area (Å²) in [7, 11) is 1.54. The lowest BCUT2D eigenvalue weighted by Crippen LogP contribution is -2.32. The third-order valence-corrected chi connectivity index (χ3v) is 3.07. The summed E-state index contributed by atoms with van der Waals surface area (Å²) in [6.45, 7) is 0.207. The van der Waals surface area contributed by atoms with Crippen LogP contribution in [0.5, 0.6) is 5.75 Å². The fourth-order valence-electron chi connectivity index (χ4n) is 1.93. The highest BCUT2D eigenvalue weighted by Crippen LogP contribution is 2.20. The van der Waals surface area contributed by atoms with Crippen molar-refractivity contribution in [1.82, 2.24) is 5.32 Å². The number of rotatable bonds is 8. The van der Waals surface area contributed by atoms with Crippen LogP contribution in [-0.4, -0.2) is 45.4 Å². The van der Waals surface area contributed by atoms with E-state index in [9.17, 15) is 9.59 Å². The highest BCUT2D eigenvalue weighted by Gasteiger charge is 2.08. The molecule has 0 unspecified atom stereocenters. The van der Waals surface area contributed by atoms with E-state index in [4.69, 9.17) is 14.2 Å². The molecular weight excluding hydrogens is 298 g/mol. The van der Waals surface area contributed by atoms with Gasteiger partial charge in [0.15, 0.2) is 13.2 Å². The van der Waals surface area contributed by atoms with E-state index in [0.29, 0.717) is 18.9 Å². The Bertz CT molecular complexity index is 671.